The van der Waals surface area contributed by atoms with Crippen LogP contribution in [-0.4, -0.2) is 39.6 Å². The van der Waals surface area contributed by atoms with E-state index in [1.165, 1.54) is 0 Å². The predicted molar refractivity (Wildman–Crippen MR) is 104 cm³/mol. The lowest BCUT2D eigenvalue weighted by Crippen LogP contribution is -2.41. The van der Waals surface area contributed by atoms with Gasteiger partial charge in [0.25, 0.3) is 0 Å². The van der Waals surface area contributed by atoms with Crippen LogP contribution in [0, 0.1) is 5.41 Å². The fraction of sp³-hybridized carbons (Fsp3) is 0.579. The van der Waals surface area contributed by atoms with Crippen molar-refractivity contribution in [1.29, 1.82) is 0 Å². The van der Waals surface area contributed by atoms with E-state index in [4.69, 9.17) is 9.31 Å². The summed E-state index contributed by atoms with van der Waals surface area (Å²) in [5.41, 5.74) is 0.679. The van der Waals surface area contributed by atoms with Gasteiger partial charge in [0.1, 0.15) is 6.23 Å². The number of fused-ring (bicyclic) bond motifs is 1. The Hall–Kier alpha value is -1.70. The van der Waals surface area contributed by atoms with Crippen molar-refractivity contribution in [3.63, 3.8) is 0 Å². The molecule has 0 aliphatic carbocycles. The third kappa shape index (κ3) is 3.56. The molecule has 7 heteroatoms. The molecule has 0 saturated carbocycles. The maximum Gasteiger partial charge on any atom is 0.494 e. The fourth-order valence-corrected chi connectivity index (χ4v) is 2.59. The molecular weight excluding hydrogens is 329 g/mol. The molecule has 0 radical (unpaired) electrons. The number of nitrogens with zero attached hydrogens (tertiary/aromatic N) is 2. The van der Waals surface area contributed by atoms with Crippen molar-refractivity contribution in [3.8, 4) is 0 Å². The van der Waals surface area contributed by atoms with E-state index in [1.54, 1.807) is 6.20 Å². The lowest BCUT2D eigenvalue weighted by molar-refractivity contribution is 0.00578. The Bertz CT molecular complexity index is 801. The number of hydrogen-bond donors (Lipinski definition) is 2. The van der Waals surface area contributed by atoms with Crippen LogP contribution in [0.15, 0.2) is 24.4 Å². The van der Waals surface area contributed by atoms with Crippen LogP contribution in [0.25, 0.3) is 10.9 Å². The summed E-state index contributed by atoms with van der Waals surface area (Å²) in [5.74, 6) is 0.406. The minimum Gasteiger partial charge on any atom is -0.399 e. The zero-order valence-corrected chi connectivity index (χ0v) is 16.6. The van der Waals surface area contributed by atoms with Crippen LogP contribution in [0.3, 0.4) is 0 Å². The number of aliphatic hydroxyl groups excluding tert-OH is 1. The van der Waals surface area contributed by atoms with Gasteiger partial charge in [0, 0.05) is 17.0 Å². The maximum atomic E-state index is 10.2. The van der Waals surface area contributed by atoms with Crippen LogP contribution in [0.4, 0.5) is 5.95 Å². The van der Waals surface area contributed by atoms with Crippen molar-refractivity contribution in [1.82, 2.24) is 9.97 Å². The average molecular weight is 357 g/mol. The van der Waals surface area contributed by atoms with Crippen molar-refractivity contribution >= 4 is 29.4 Å². The second-order valence-electron chi connectivity index (χ2n) is 9.01. The third-order valence-corrected chi connectivity index (χ3v) is 5.22. The van der Waals surface area contributed by atoms with Crippen molar-refractivity contribution in [3.05, 3.63) is 24.4 Å². The van der Waals surface area contributed by atoms with E-state index in [0.717, 1.165) is 16.4 Å². The number of nitrogens with one attached hydrogen (secondary N) is 1. The predicted octanol–water partition coefficient (Wildman–Crippen LogP) is 2.71. The Morgan fingerprint density at radius 1 is 1.12 bits per heavy atom. The van der Waals surface area contributed by atoms with Gasteiger partial charge < -0.3 is 19.7 Å². The van der Waals surface area contributed by atoms with Gasteiger partial charge in [-0.3, -0.25) is 0 Å². The zero-order chi connectivity index (χ0) is 19.3. The van der Waals surface area contributed by atoms with Crippen molar-refractivity contribution in [2.75, 3.05) is 5.32 Å². The first kappa shape index (κ1) is 19.1. The van der Waals surface area contributed by atoms with E-state index in [1.807, 2.05) is 66.7 Å². The first-order valence-corrected chi connectivity index (χ1v) is 8.96. The Morgan fingerprint density at radius 2 is 1.73 bits per heavy atom. The molecule has 1 saturated heterocycles. The van der Waals surface area contributed by atoms with Gasteiger partial charge in [-0.25, -0.2) is 9.97 Å². The first-order valence-electron chi connectivity index (χ1n) is 8.96. The van der Waals surface area contributed by atoms with E-state index in [0.29, 0.717) is 5.95 Å². The van der Waals surface area contributed by atoms with Gasteiger partial charge in [-0.2, -0.15) is 0 Å². The van der Waals surface area contributed by atoms with Crippen LogP contribution in [0.5, 0.6) is 0 Å². The Labute approximate surface area is 155 Å². The van der Waals surface area contributed by atoms with Gasteiger partial charge in [0.2, 0.25) is 5.95 Å². The highest BCUT2D eigenvalue weighted by atomic mass is 16.7. The largest absolute Gasteiger partial charge is 0.494 e. The molecule has 1 aliphatic rings. The van der Waals surface area contributed by atoms with Gasteiger partial charge in [-0.1, -0.05) is 32.9 Å². The molecule has 6 nitrogen and oxygen atoms in total. The van der Waals surface area contributed by atoms with Gasteiger partial charge in [-0.15, -0.1) is 0 Å². The summed E-state index contributed by atoms with van der Waals surface area (Å²) in [6.07, 6.45) is 1.01. The van der Waals surface area contributed by atoms with E-state index >= 15 is 0 Å². The third-order valence-electron chi connectivity index (χ3n) is 5.22. The molecule has 1 aromatic carbocycles. The summed E-state index contributed by atoms with van der Waals surface area (Å²) >= 11 is 0. The lowest BCUT2D eigenvalue weighted by atomic mass is 9.78. The van der Waals surface area contributed by atoms with Crippen molar-refractivity contribution in [2.45, 2.75) is 65.9 Å². The number of aromatic nitrogens is 2. The maximum absolute atomic E-state index is 10.2. The molecule has 1 fully saturated rings. The Kier molecular flexibility index (Phi) is 4.54. The summed E-state index contributed by atoms with van der Waals surface area (Å²) in [5, 5.41) is 14.0. The van der Waals surface area contributed by atoms with Crippen molar-refractivity contribution in [2.24, 2.45) is 5.41 Å². The molecule has 0 bridgehead atoms. The van der Waals surface area contributed by atoms with E-state index in [-0.39, 0.29) is 16.6 Å². The number of aliphatic hydroxyl groups is 1. The van der Waals surface area contributed by atoms with Gasteiger partial charge >= 0.3 is 7.12 Å². The molecule has 1 aromatic heterocycles. The summed E-state index contributed by atoms with van der Waals surface area (Å²) in [6.45, 7) is 14.0. The molecule has 26 heavy (non-hydrogen) atoms. The minimum absolute atomic E-state index is 0.307. The monoisotopic (exact) mass is 357 g/mol. The molecule has 1 unspecified atom stereocenters. The van der Waals surface area contributed by atoms with E-state index in [9.17, 15) is 5.11 Å². The van der Waals surface area contributed by atoms with E-state index in [2.05, 4.69) is 15.3 Å². The van der Waals surface area contributed by atoms with Gasteiger partial charge in [0.15, 0.2) is 0 Å². The molecule has 2 aromatic rings. The van der Waals surface area contributed by atoms with Crippen molar-refractivity contribution < 1.29 is 14.4 Å². The molecule has 0 spiro atoms. The quantitative estimate of drug-likeness (QED) is 0.650. The molecule has 140 valence electrons. The molecule has 1 aliphatic heterocycles. The molecule has 2 heterocycles. The number of benzene rings is 1. The SMILES string of the molecule is CC(C)(C)C(O)Nc1ncc2cc(B3OC(C)(C)C(C)(C)O3)ccc2n1. The fourth-order valence-electron chi connectivity index (χ4n) is 2.59. The smallest absolute Gasteiger partial charge is 0.399 e. The second kappa shape index (κ2) is 6.18. The lowest BCUT2D eigenvalue weighted by Gasteiger charge is -2.32. The summed E-state index contributed by atoms with van der Waals surface area (Å²) < 4.78 is 12.2. The van der Waals surface area contributed by atoms with E-state index < -0.39 is 13.3 Å². The number of hydrogen-bond acceptors (Lipinski definition) is 6. The van der Waals surface area contributed by atoms with Gasteiger partial charge in [-0.05, 0) is 39.2 Å². The molecule has 1 atom stereocenters. The number of rotatable bonds is 3. The summed E-state index contributed by atoms with van der Waals surface area (Å²) in [7, 11) is -0.412. The second-order valence-corrected chi connectivity index (χ2v) is 9.01. The van der Waals surface area contributed by atoms with Gasteiger partial charge in [0.05, 0.1) is 16.7 Å². The number of anilines is 1. The van der Waals surface area contributed by atoms with Crippen LogP contribution in [0.1, 0.15) is 48.5 Å². The van der Waals surface area contributed by atoms with Crippen LogP contribution >= 0.6 is 0 Å². The topological polar surface area (TPSA) is 76.5 Å². The standard InChI is InChI=1S/C19H28BN3O3/c1-17(2,3)15(24)23-16-21-11-12-10-13(8-9-14(12)22-16)20-25-18(4,5)19(6,7)26-20/h8-11,15,24H,1-7H3,(H,21,22,23). The van der Waals surface area contributed by atoms with Crippen LogP contribution in [0.2, 0.25) is 0 Å². The molecular formula is C19H28BN3O3. The summed E-state index contributed by atoms with van der Waals surface area (Å²) in [6, 6.07) is 5.87. The molecule has 3 rings (SSSR count). The zero-order valence-electron chi connectivity index (χ0n) is 16.6. The Morgan fingerprint density at radius 3 is 2.31 bits per heavy atom. The van der Waals surface area contributed by atoms with Crippen LogP contribution in [-0.2, 0) is 9.31 Å². The highest BCUT2D eigenvalue weighted by molar-refractivity contribution is 6.62. The molecule has 0 amide bonds. The summed E-state index contributed by atoms with van der Waals surface area (Å²) in [4.78, 5) is 8.81. The highest BCUT2D eigenvalue weighted by Gasteiger charge is 2.51. The normalized spacial score (nSPS) is 20.4. The average Bonchev–Trinajstić information content (AvgIpc) is 2.74. The van der Waals surface area contributed by atoms with Crippen LogP contribution < -0.4 is 10.8 Å². The minimum atomic E-state index is -0.732. The molecule has 2 N–H and O–H groups in total. The first-order chi connectivity index (χ1) is 11.9. The highest BCUT2D eigenvalue weighted by Crippen LogP contribution is 2.36. The Balaban J connectivity index is 1.84.